The van der Waals surface area contributed by atoms with E-state index >= 15 is 0 Å². The molecule has 0 amide bonds. The third-order valence-electron chi connectivity index (χ3n) is 2.76. The highest BCUT2D eigenvalue weighted by atomic mass is 19.1. The number of nitrogens with zero attached hydrogens (tertiary/aromatic N) is 1. The molecule has 2 N–H and O–H groups in total. The van der Waals surface area contributed by atoms with Gasteiger partial charge in [0.1, 0.15) is 11.6 Å². The fraction of sp³-hybridized carbons (Fsp3) is 0.500. The zero-order chi connectivity index (χ0) is 13.8. The lowest BCUT2D eigenvalue weighted by Crippen LogP contribution is -2.13. The van der Waals surface area contributed by atoms with Crippen molar-refractivity contribution in [1.82, 2.24) is 0 Å². The van der Waals surface area contributed by atoms with Crippen LogP contribution in [-0.4, -0.2) is 6.61 Å². The Balaban J connectivity index is 2.60. The number of nitrogens with two attached hydrogens (primary N) is 1. The maximum absolute atomic E-state index is 13.6. The summed E-state index contributed by atoms with van der Waals surface area (Å²) in [5, 5.41) is 8.85. The highest BCUT2D eigenvalue weighted by Crippen LogP contribution is 2.22. The maximum Gasteiger partial charge on any atom is 0.131 e. The second-order valence-corrected chi connectivity index (χ2v) is 5.07. The molecule has 0 bridgehead atoms. The van der Waals surface area contributed by atoms with Crippen molar-refractivity contribution in [1.29, 1.82) is 5.26 Å². The van der Waals surface area contributed by atoms with Crippen LogP contribution in [0.2, 0.25) is 0 Å². The minimum absolute atomic E-state index is 0.337. The van der Waals surface area contributed by atoms with E-state index in [1.165, 1.54) is 6.07 Å². The summed E-state index contributed by atoms with van der Waals surface area (Å²) < 4.78 is 19.0. The third-order valence-corrected chi connectivity index (χ3v) is 2.76. The Hall–Kier alpha value is -1.60. The molecule has 0 unspecified atom stereocenters. The van der Waals surface area contributed by atoms with Gasteiger partial charge in [-0.1, -0.05) is 6.07 Å². The van der Waals surface area contributed by atoms with Crippen molar-refractivity contribution >= 4 is 0 Å². The van der Waals surface area contributed by atoms with Gasteiger partial charge >= 0.3 is 0 Å². The molecule has 0 aliphatic carbocycles. The highest BCUT2D eigenvalue weighted by molar-refractivity contribution is 5.30. The van der Waals surface area contributed by atoms with E-state index in [1.807, 2.05) is 13.8 Å². The van der Waals surface area contributed by atoms with Crippen LogP contribution < -0.4 is 10.5 Å². The molecule has 18 heavy (non-hydrogen) atoms. The van der Waals surface area contributed by atoms with Crippen molar-refractivity contribution in [2.45, 2.75) is 33.2 Å². The number of nitriles is 1. The van der Waals surface area contributed by atoms with Gasteiger partial charge in [0.25, 0.3) is 0 Å². The first-order valence-corrected chi connectivity index (χ1v) is 5.95. The largest absolute Gasteiger partial charge is 0.493 e. The van der Waals surface area contributed by atoms with E-state index in [-0.39, 0.29) is 11.9 Å². The molecule has 0 spiro atoms. The summed E-state index contributed by atoms with van der Waals surface area (Å²) in [6.45, 7) is 5.80. The molecule has 3 nitrogen and oxygen atoms in total. The second-order valence-electron chi connectivity index (χ2n) is 5.07. The number of ether oxygens (including phenoxy) is 1. The van der Waals surface area contributed by atoms with Crippen LogP contribution in [0.1, 0.15) is 38.8 Å². The van der Waals surface area contributed by atoms with Crippen molar-refractivity contribution in [3.63, 3.8) is 0 Å². The topological polar surface area (TPSA) is 59.0 Å². The minimum atomic E-state index is -0.426. The van der Waals surface area contributed by atoms with Gasteiger partial charge in [-0.15, -0.1) is 0 Å². The molecular weight excluding hydrogens is 231 g/mol. The molecular formula is C14H19FN2O. The van der Waals surface area contributed by atoms with Gasteiger partial charge in [0, 0.05) is 17.7 Å². The van der Waals surface area contributed by atoms with Gasteiger partial charge in [-0.05, 0) is 33.3 Å². The molecule has 0 aliphatic rings. The molecule has 0 aromatic heterocycles. The summed E-state index contributed by atoms with van der Waals surface area (Å²) in [6.07, 6.45) is 0.597. The van der Waals surface area contributed by atoms with Gasteiger partial charge in [0.2, 0.25) is 0 Å². The Morgan fingerprint density at radius 2 is 2.17 bits per heavy atom. The molecule has 0 fully saturated rings. The number of halogens is 1. The van der Waals surface area contributed by atoms with E-state index < -0.39 is 5.41 Å². The predicted molar refractivity (Wildman–Crippen MR) is 68.5 cm³/mol. The van der Waals surface area contributed by atoms with Crippen LogP contribution >= 0.6 is 0 Å². The van der Waals surface area contributed by atoms with Crippen molar-refractivity contribution < 1.29 is 9.13 Å². The number of hydrogen-bond donors (Lipinski definition) is 1. The van der Waals surface area contributed by atoms with Crippen LogP contribution in [0, 0.1) is 22.6 Å². The lowest BCUT2D eigenvalue weighted by molar-refractivity contribution is 0.263. The molecule has 0 saturated heterocycles. The lowest BCUT2D eigenvalue weighted by Gasteiger charge is -2.15. The number of hydrogen-bond acceptors (Lipinski definition) is 3. The smallest absolute Gasteiger partial charge is 0.131 e. The normalized spacial score (nSPS) is 12.9. The number of rotatable bonds is 5. The summed E-state index contributed by atoms with van der Waals surface area (Å²) in [7, 11) is 0. The quantitative estimate of drug-likeness (QED) is 0.873. The molecule has 1 atom stereocenters. The Kier molecular flexibility index (Phi) is 4.69. The van der Waals surface area contributed by atoms with Crippen molar-refractivity contribution in [2.24, 2.45) is 11.1 Å². The van der Waals surface area contributed by atoms with Gasteiger partial charge in [-0.25, -0.2) is 4.39 Å². The second kappa shape index (κ2) is 5.83. The fourth-order valence-electron chi connectivity index (χ4n) is 1.45. The van der Waals surface area contributed by atoms with Crippen LogP contribution in [0.5, 0.6) is 5.75 Å². The SMILES string of the molecule is C[C@@H](N)c1ccc(OCCC(C)(C)C#N)cc1F. The Labute approximate surface area is 107 Å². The number of benzene rings is 1. The molecule has 1 aromatic carbocycles. The van der Waals surface area contributed by atoms with E-state index in [0.29, 0.717) is 24.3 Å². The van der Waals surface area contributed by atoms with Crippen LogP contribution in [0.3, 0.4) is 0 Å². The summed E-state index contributed by atoms with van der Waals surface area (Å²) in [5.41, 5.74) is 5.67. The van der Waals surface area contributed by atoms with Gasteiger partial charge in [0.15, 0.2) is 0 Å². The Morgan fingerprint density at radius 1 is 1.50 bits per heavy atom. The van der Waals surface area contributed by atoms with Crippen LogP contribution in [0.4, 0.5) is 4.39 Å². The van der Waals surface area contributed by atoms with E-state index in [4.69, 9.17) is 15.7 Å². The molecule has 4 heteroatoms. The molecule has 98 valence electrons. The molecule has 0 radical (unpaired) electrons. The van der Waals surface area contributed by atoms with Crippen molar-refractivity contribution in [3.8, 4) is 11.8 Å². The average Bonchev–Trinajstić information content (AvgIpc) is 2.28. The Morgan fingerprint density at radius 3 is 2.67 bits per heavy atom. The summed E-state index contributed by atoms with van der Waals surface area (Å²) >= 11 is 0. The van der Waals surface area contributed by atoms with Crippen molar-refractivity contribution in [3.05, 3.63) is 29.6 Å². The molecule has 1 rings (SSSR count). The van der Waals surface area contributed by atoms with Gasteiger partial charge in [0.05, 0.1) is 18.1 Å². The molecule has 0 aliphatic heterocycles. The van der Waals surface area contributed by atoms with E-state index in [1.54, 1.807) is 19.1 Å². The van der Waals surface area contributed by atoms with Gasteiger partial charge in [-0.2, -0.15) is 5.26 Å². The standard InChI is InChI=1S/C14H19FN2O/c1-10(17)12-5-4-11(8-13(12)15)18-7-6-14(2,3)9-16/h4-5,8,10H,6-7,17H2,1-3H3/t10-/m1/s1. The van der Waals surface area contributed by atoms with Gasteiger partial charge < -0.3 is 10.5 Å². The first kappa shape index (κ1) is 14.5. The molecule has 0 heterocycles. The molecule has 0 saturated carbocycles. The predicted octanol–water partition coefficient (Wildman–Crippen LogP) is 3.16. The monoisotopic (exact) mass is 250 g/mol. The lowest BCUT2D eigenvalue weighted by atomic mass is 9.92. The van der Waals surface area contributed by atoms with Crippen LogP contribution in [-0.2, 0) is 0 Å². The summed E-state index contributed by atoms with van der Waals surface area (Å²) in [5.74, 6) is 0.104. The minimum Gasteiger partial charge on any atom is -0.493 e. The zero-order valence-electron chi connectivity index (χ0n) is 11.0. The van der Waals surface area contributed by atoms with E-state index in [9.17, 15) is 4.39 Å². The average molecular weight is 250 g/mol. The van der Waals surface area contributed by atoms with Crippen LogP contribution in [0.25, 0.3) is 0 Å². The zero-order valence-corrected chi connectivity index (χ0v) is 11.0. The summed E-state index contributed by atoms with van der Waals surface area (Å²) in [6, 6.07) is 6.51. The fourth-order valence-corrected chi connectivity index (χ4v) is 1.45. The highest BCUT2D eigenvalue weighted by Gasteiger charge is 2.16. The maximum atomic E-state index is 13.6. The summed E-state index contributed by atoms with van der Waals surface area (Å²) in [4.78, 5) is 0. The van der Waals surface area contributed by atoms with E-state index in [0.717, 1.165) is 0 Å². The van der Waals surface area contributed by atoms with Crippen LogP contribution in [0.15, 0.2) is 18.2 Å². The van der Waals surface area contributed by atoms with Gasteiger partial charge in [-0.3, -0.25) is 0 Å². The van der Waals surface area contributed by atoms with E-state index in [2.05, 4.69) is 6.07 Å². The first-order valence-electron chi connectivity index (χ1n) is 5.95. The molecule has 1 aromatic rings. The van der Waals surface area contributed by atoms with Crippen molar-refractivity contribution in [2.75, 3.05) is 6.61 Å². The third kappa shape index (κ3) is 4.01. The Bertz CT molecular complexity index is 450. The first-order chi connectivity index (χ1) is 8.35.